The summed E-state index contributed by atoms with van der Waals surface area (Å²) in [4.78, 5) is 31.2. The van der Waals surface area contributed by atoms with Gasteiger partial charge in [0.25, 0.3) is 5.91 Å². The van der Waals surface area contributed by atoms with E-state index in [1.54, 1.807) is 27.2 Å². The fourth-order valence-electron chi connectivity index (χ4n) is 3.38. The van der Waals surface area contributed by atoms with Gasteiger partial charge in [-0.05, 0) is 30.5 Å². The van der Waals surface area contributed by atoms with Crippen molar-refractivity contribution in [2.75, 3.05) is 13.1 Å². The Balaban J connectivity index is 1.51. The molecule has 6 nitrogen and oxygen atoms in total. The Morgan fingerprint density at radius 2 is 1.96 bits per heavy atom. The molecule has 0 bridgehead atoms. The van der Waals surface area contributed by atoms with Crippen molar-refractivity contribution >= 4 is 28.8 Å². The molecule has 1 aliphatic rings. The van der Waals surface area contributed by atoms with Crippen LogP contribution in [-0.2, 0) is 13.0 Å². The first-order valence-electron chi connectivity index (χ1n) is 8.94. The highest BCUT2D eigenvalue weighted by Crippen LogP contribution is 2.26. The van der Waals surface area contributed by atoms with Gasteiger partial charge in [0.1, 0.15) is 5.01 Å². The molecule has 0 spiro atoms. The van der Waals surface area contributed by atoms with Crippen LogP contribution in [0.4, 0.5) is 0 Å². The summed E-state index contributed by atoms with van der Waals surface area (Å²) in [6.07, 6.45) is 4.84. The molecule has 3 heterocycles. The predicted octanol–water partition coefficient (Wildman–Crippen LogP) is 3.42. The van der Waals surface area contributed by atoms with Crippen molar-refractivity contribution in [3.05, 3.63) is 68.5 Å². The lowest BCUT2D eigenvalue weighted by molar-refractivity contribution is 0.0695. The van der Waals surface area contributed by atoms with Gasteiger partial charge in [-0.3, -0.25) is 9.59 Å². The van der Waals surface area contributed by atoms with Gasteiger partial charge in [-0.15, -0.1) is 11.3 Å². The summed E-state index contributed by atoms with van der Waals surface area (Å²) in [5.41, 5.74) is 0.974. The van der Waals surface area contributed by atoms with Crippen molar-refractivity contribution < 1.29 is 9.90 Å². The van der Waals surface area contributed by atoms with E-state index in [4.69, 9.17) is 11.6 Å². The third kappa shape index (κ3) is 3.55. The number of aromatic nitrogens is 2. The molecule has 0 radical (unpaired) electrons. The highest BCUT2D eigenvalue weighted by atomic mass is 35.5. The Morgan fingerprint density at radius 3 is 2.68 bits per heavy atom. The summed E-state index contributed by atoms with van der Waals surface area (Å²) in [7, 11) is 0. The average Bonchev–Trinajstić information content (AvgIpc) is 3.22. The number of fused-ring (bicyclic) bond motifs is 1. The summed E-state index contributed by atoms with van der Waals surface area (Å²) in [5.74, 6) is -0.817. The molecule has 0 saturated heterocycles. The number of rotatable bonds is 5. The Labute approximate surface area is 170 Å². The summed E-state index contributed by atoms with van der Waals surface area (Å²) < 4.78 is 1.66. The van der Waals surface area contributed by atoms with E-state index in [1.165, 1.54) is 11.3 Å². The zero-order valence-electron chi connectivity index (χ0n) is 15.0. The fraction of sp³-hybridized carbons (Fsp3) is 0.250. The summed E-state index contributed by atoms with van der Waals surface area (Å²) in [6.45, 7) is 1.61. The first-order valence-corrected chi connectivity index (χ1v) is 10.2. The van der Waals surface area contributed by atoms with Crippen LogP contribution in [0.5, 0.6) is 5.75 Å². The first-order chi connectivity index (χ1) is 13.5. The third-order valence-electron chi connectivity index (χ3n) is 4.83. The van der Waals surface area contributed by atoms with Gasteiger partial charge in [0, 0.05) is 42.4 Å². The van der Waals surface area contributed by atoms with Crippen LogP contribution in [-0.4, -0.2) is 38.6 Å². The molecule has 0 atom stereocenters. The van der Waals surface area contributed by atoms with Crippen molar-refractivity contribution in [3.63, 3.8) is 0 Å². The zero-order valence-corrected chi connectivity index (χ0v) is 16.5. The van der Waals surface area contributed by atoms with Gasteiger partial charge in [0.05, 0.1) is 5.56 Å². The maximum Gasteiger partial charge on any atom is 0.274 e. The van der Waals surface area contributed by atoms with Gasteiger partial charge in [0.2, 0.25) is 5.43 Å². The Kier molecular flexibility index (Phi) is 5.19. The van der Waals surface area contributed by atoms with Gasteiger partial charge >= 0.3 is 0 Å². The average molecular weight is 416 g/mol. The van der Waals surface area contributed by atoms with Gasteiger partial charge in [-0.1, -0.05) is 23.7 Å². The van der Waals surface area contributed by atoms with Crippen LogP contribution in [0.3, 0.4) is 0 Å². The van der Waals surface area contributed by atoms with Gasteiger partial charge in [-0.2, -0.15) is 0 Å². The molecule has 0 fully saturated rings. The first kappa shape index (κ1) is 18.7. The second kappa shape index (κ2) is 7.77. The minimum absolute atomic E-state index is 0.0584. The molecular formula is C20H18ClN3O3S. The molecule has 0 saturated carbocycles. The smallest absolute Gasteiger partial charge is 0.274 e. The van der Waals surface area contributed by atoms with Crippen LogP contribution in [0.25, 0.3) is 10.6 Å². The van der Waals surface area contributed by atoms with Crippen molar-refractivity contribution in [3.8, 4) is 16.3 Å². The van der Waals surface area contributed by atoms with Crippen LogP contribution in [0.1, 0.15) is 22.5 Å². The van der Waals surface area contributed by atoms with E-state index >= 15 is 0 Å². The second-order valence-electron chi connectivity index (χ2n) is 6.62. The number of hydrogen-bond acceptors (Lipinski definition) is 5. The molecule has 1 aromatic carbocycles. The number of carbonyl (C=O) groups excluding carboxylic acids is 1. The van der Waals surface area contributed by atoms with Gasteiger partial charge in [0.15, 0.2) is 11.4 Å². The van der Waals surface area contributed by atoms with Crippen LogP contribution in [0.15, 0.2) is 46.8 Å². The Morgan fingerprint density at radius 1 is 1.18 bits per heavy atom. The summed E-state index contributed by atoms with van der Waals surface area (Å²) in [6, 6.07) is 7.65. The maximum absolute atomic E-state index is 12.9. The standard InChI is InChI=1S/C20H18ClN3O3S/c21-14-5-3-13(4-6-14)2-1-8-23-9-10-24-12-15(19-22-7-11-28-19)17(25)18(26)16(24)20(23)27/h3-7,11-12,26H,1-2,8-10H2. The SMILES string of the molecule is O=C1c2c(O)c(=O)c(-c3nccs3)cn2CCN1CCCc1ccc(Cl)cc1. The predicted molar refractivity (Wildman–Crippen MR) is 109 cm³/mol. The number of amides is 1. The quantitative estimate of drug-likeness (QED) is 0.692. The molecule has 3 aromatic rings. The number of thiazole rings is 1. The third-order valence-corrected chi connectivity index (χ3v) is 5.88. The molecule has 2 aromatic heterocycles. The normalized spacial score (nSPS) is 13.6. The van der Waals surface area contributed by atoms with E-state index in [2.05, 4.69) is 4.98 Å². The van der Waals surface area contributed by atoms with E-state index in [-0.39, 0.29) is 11.6 Å². The number of halogens is 1. The number of benzene rings is 1. The van der Waals surface area contributed by atoms with E-state index in [9.17, 15) is 14.7 Å². The molecule has 144 valence electrons. The van der Waals surface area contributed by atoms with Crippen molar-refractivity contribution in [1.82, 2.24) is 14.5 Å². The molecule has 0 aliphatic carbocycles. The van der Waals surface area contributed by atoms with E-state index < -0.39 is 11.2 Å². The minimum Gasteiger partial charge on any atom is -0.503 e. The van der Waals surface area contributed by atoms with Crippen LogP contribution < -0.4 is 5.43 Å². The molecule has 1 amide bonds. The van der Waals surface area contributed by atoms with Crippen LogP contribution in [0, 0.1) is 0 Å². The largest absolute Gasteiger partial charge is 0.503 e. The monoisotopic (exact) mass is 415 g/mol. The van der Waals surface area contributed by atoms with Gasteiger partial charge in [-0.25, -0.2) is 4.98 Å². The lowest BCUT2D eigenvalue weighted by Gasteiger charge is -2.30. The van der Waals surface area contributed by atoms with Crippen LogP contribution >= 0.6 is 22.9 Å². The van der Waals surface area contributed by atoms with E-state index in [1.807, 2.05) is 24.3 Å². The summed E-state index contributed by atoms with van der Waals surface area (Å²) in [5, 5.41) is 13.4. The number of aromatic hydroxyl groups is 1. The highest BCUT2D eigenvalue weighted by Gasteiger charge is 2.29. The topological polar surface area (TPSA) is 75.4 Å². The lowest BCUT2D eigenvalue weighted by Crippen LogP contribution is -2.42. The van der Waals surface area contributed by atoms with Crippen LogP contribution in [0.2, 0.25) is 5.02 Å². The molecule has 1 aliphatic heterocycles. The number of pyridine rings is 1. The maximum atomic E-state index is 12.9. The highest BCUT2D eigenvalue weighted by molar-refractivity contribution is 7.13. The second-order valence-corrected chi connectivity index (χ2v) is 7.95. The lowest BCUT2D eigenvalue weighted by atomic mass is 10.1. The molecule has 8 heteroatoms. The van der Waals surface area contributed by atoms with Crippen molar-refractivity contribution in [2.45, 2.75) is 19.4 Å². The number of nitrogens with zero attached hydrogens (tertiary/aromatic N) is 3. The van der Waals surface area contributed by atoms with Crippen molar-refractivity contribution in [1.29, 1.82) is 0 Å². The van der Waals surface area contributed by atoms with E-state index in [0.717, 1.165) is 18.4 Å². The van der Waals surface area contributed by atoms with Crippen molar-refractivity contribution in [2.24, 2.45) is 0 Å². The molecule has 28 heavy (non-hydrogen) atoms. The molecule has 0 unspecified atom stereocenters. The Bertz CT molecular complexity index is 1060. The molecule has 1 N–H and O–H groups in total. The number of aryl methyl sites for hydroxylation is 1. The molecular weight excluding hydrogens is 398 g/mol. The number of hydrogen-bond donors (Lipinski definition) is 1. The zero-order chi connectivity index (χ0) is 19.7. The Hall–Kier alpha value is -2.64. The number of carbonyl (C=O) groups is 1. The minimum atomic E-state index is -0.558. The van der Waals surface area contributed by atoms with E-state index in [0.29, 0.717) is 35.2 Å². The summed E-state index contributed by atoms with van der Waals surface area (Å²) >= 11 is 7.22. The molecule has 4 rings (SSSR count). The van der Waals surface area contributed by atoms with Gasteiger partial charge < -0.3 is 14.6 Å². The fourth-order valence-corrected chi connectivity index (χ4v) is 4.15.